The summed E-state index contributed by atoms with van der Waals surface area (Å²) in [7, 11) is 0. The molecule has 0 fully saturated rings. The first-order valence-corrected chi connectivity index (χ1v) is 11.8. The molecular formula is C25H27N3O4S. The van der Waals surface area contributed by atoms with Crippen molar-refractivity contribution in [2.45, 2.75) is 33.7 Å². The fraction of sp³-hybridized carbons (Fsp3) is 0.320. The Morgan fingerprint density at radius 1 is 1.15 bits per heavy atom. The molecule has 2 aromatic carbocycles. The average molecular weight is 466 g/mol. The van der Waals surface area contributed by atoms with Crippen LogP contribution < -0.4 is 19.7 Å². The number of fused-ring (bicyclic) bond motifs is 1. The first-order valence-electron chi connectivity index (χ1n) is 10.8. The first kappa shape index (κ1) is 22.9. The van der Waals surface area contributed by atoms with Crippen molar-refractivity contribution in [1.82, 2.24) is 5.32 Å². The lowest BCUT2D eigenvalue weighted by atomic mass is 10.1. The Kier molecular flexibility index (Phi) is 6.74. The van der Waals surface area contributed by atoms with Gasteiger partial charge >= 0.3 is 0 Å². The van der Waals surface area contributed by atoms with E-state index in [4.69, 9.17) is 9.47 Å². The molecule has 2 aliphatic rings. The standard InChI is InChI=1S/C25H27N3O4S/c1-15(2)17(4)26-23(29)13-33-25-27-20(11-18-7-10-21-22(12-18)32-14-31-21)24(30)28(25)19-8-5-16(3)6-9-19/h5-12,15,17H,13-14H2,1-4H3,(H,26,29)/b20-11-. The number of thioether (sulfide) groups is 1. The van der Waals surface area contributed by atoms with Gasteiger partial charge in [-0.05, 0) is 55.7 Å². The Bertz CT molecular complexity index is 1120. The van der Waals surface area contributed by atoms with E-state index in [-0.39, 0.29) is 30.4 Å². The molecule has 0 radical (unpaired) electrons. The molecule has 0 bridgehead atoms. The molecule has 0 aromatic heterocycles. The van der Waals surface area contributed by atoms with Crippen molar-refractivity contribution in [2.75, 3.05) is 17.4 Å². The highest BCUT2D eigenvalue weighted by Gasteiger charge is 2.32. The van der Waals surface area contributed by atoms with E-state index in [1.54, 1.807) is 11.0 Å². The minimum absolute atomic E-state index is 0.0694. The number of amides is 2. The summed E-state index contributed by atoms with van der Waals surface area (Å²) in [5.74, 6) is 1.49. The van der Waals surface area contributed by atoms with Gasteiger partial charge in [-0.1, -0.05) is 49.4 Å². The fourth-order valence-corrected chi connectivity index (χ4v) is 4.09. The minimum Gasteiger partial charge on any atom is -0.454 e. The summed E-state index contributed by atoms with van der Waals surface area (Å²) in [6.07, 6.45) is 1.72. The number of aryl methyl sites for hydroxylation is 1. The minimum atomic E-state index is -0.241. The van der Waals surface area contributed by atoms with Crippen LogP contribution in [0, 0.1) is 12.8 Å². The fourth-order valence-electron chi connectivity index (χ4n) is 3.27. The monoisotopic (exact) mass is 465 g/mol. The van der Waals surface area contributed by atoms with Crippen LogP contribution in [-0.4, -0.2) is 35.6 Å². The second kappa shape index (κ2) is 9.70. The molecule has 33 heavy (non-hydrogen) atoms. The maximum Gasteiger partial charge on any atom is 0.283 e. The molecule has 2 aliphatic heterocycles. The largest absolute Gasteiger partial charge is 0.454 e. The highest BCUT2D eigenvalue weighted by molar-refractivity contribution is 8.14. The molecule has 0 spiro atoms. The van der Waals surface area contributed by atoms with E-state index < -0.39 is 0 Å². The summed E-state index contributed by atoms with van der Waals surface area (Å²) in [6.45, 7) is 8.28. The Labute approximate surface area is 197 Å². The van der Waals surface area contributed by atoms with E-state index in [9.17, 15) is 9.59 Å². The highest BCUT2D eigenvalue weighted by atomic mass is 32.2. The highest BCUT2D eigenvalue weighted by Crippen LogP contribution is 2.34. The Balaban J connectivity index is 1.59. The zero-order valence-electron chi connectivity index (χ0n) is 19.1. The van der Waals surface area contributed by atoms with Crippen LogP contribution in [0.15, 0.2) is 53.2 Å². The molecule has 2 amide bonds. The zero-order chi connectivity index (χ0) is 23.5. The van der Waals surface area contributed by atoms with E-state index in [0.29, 0.717) is 34.0 Å². The maximum atomic E-state index is 13.3. The van der Waals surface area contributed by atoms with E-state index in [1.165, 1.54) is 11.8 Å². The Hall–Kier alpha value is -3.26. The van der Waals surface area contributed by atoms with Crippen molar-refractivity contribution in [3.8, 4) is 11.5 Å². The van der Waals surface area contributed by atoms with Crippen LogP contribution in [0.25, 0.3) is 6.08 Å². The van der Waals surface area contributed by atoms with Crippen molar-refractivity contribution < 1.29 is 19.1 Å². The lowest BCUT2D eigenvalue weighted by Crippen LogP contribution is -2.38. The van der Waals surface area contributed by atoms with Crippen molar-refractivity contribution >= 4 is 40.5 Å². The van der Waals surface area contributed by atoms with Gasteiger partial charge in [-0.15, -0.1) is 0 Å². The van der Waals surface area contributed by atoms with Crippen LogP contribution >= 0.6 is 11.8 Å². The number of ether oxygens (including phenoxy) is 2. The lowest BCUT2D eigenvalue weighted by molar-refractivity contribution is -0.119. The molecule has 1 unspecified atom stereocenters. The number of nitrogens with one attached hydrogen (secondary N) is 1. The van der Waals surface area contributed by atoms with Gasteiger partial charge in [0, 0.05) is 6.04 Å². The van der Waals surface area contributed by atoms with E-state index in [0.717, 1.165) is 11.1 Å². The normalized spacial score (nSPS) is 17.0. The Morgan fingerprint density at radius 3 is 2.61 bits per heavy atom. The number of aliphatic imine (C=N–C) groups is 1. The van der Waals surface area contributed by atoms with Crippen LogP contribution in [0.4, 0.5) is 5.69 Å². The molecule has 4 rings (SSSR count). The van der Waals surface area contributed by atoms with Gasteiger partial charge in [0.15, 0.2) is 16.7 Å². The molecule has 172 valence electrons. The number of benzene rings is 2. The van der Waals surface area contributed by atoms with Crippen molar-refractivity contribution in [2.24, 2.45) is 10.9 Å². The third-order valence-corrected chi connectivity index (χ3v) is 6.48. The predicted molar refractivity (Wildman–Crippen MR) is 132 cm³/mol. The summed E-state index contributed by atoms with van der Waals surface area (Å²) in [4.78, 5) is 31.9. The van der Waals surface area contributed by atoms with Gasteiger partial charge in [0.25, 0.3) is 5.91 Å². The van der Waals surface area contributed by atoms with Gasteiger partial charge < -0.3 is 14.8 Å². The quantitative estimate of drug-likeness (QED) is 0.641. The van der Waals surface area contributed by atoms with Gasteiger partial charge in [0.05, 0.1) is 11.4 Å². The van der Waals surface area contributed by atoms with Crippen LogP contribution in [-0.2, 0) is 9.59 Å². The molecule has 2 aromatic rings. The third kappa shape index (κ3) is 5.22. The summed E-state index contributed by atoms with van der Waals surface area (Å²) < 4.78 is 10.8. The SMILES string of the molecule is Cc1ccc(N2C(=O)/C(=C/c3ccc4c(c3)OCO4)N=C2SCC(=O)NC(C)C(C)C)cc1. The molecule has 0 aliphatic carbocycles. The number of rotatable bonds is 6. The van der Waals surface area contributed by atoms with Crippen molar-refractivity contribution in [3.05, 3.63) is 59.3 Å². The van der Waals surface area contributed by atoms with E-state index >= 15 is 0 Å². The third-order valence-electron chi connectivity index (χ3n) is 5.54. The number of carbonyl (C=O) groups is 2. The van der Waals surface area contributed by atoms with E-state index in [1.807, 2.05) is 56.3 Å². The van der Waals surface area contributed by atoms with Crippen LogP contribution in [0.1, 0.15) is 31.9 Å². The summed E-state index contributed by atoms with van der Waals surface area (Å²) in [6, 6.07) is 13.2. The van der Waals surface area contributed by atoms with Gasteiger partial charge in [0.2, 0.25) is 12.7 Å². The summed E-state index contributed by atoms with van der Waals surface area (Å²) in [5.41, 5.74) is 2.88. The summed E-state index contributed by atoms with van der Waals surface area (Å²) in [5, 5.41) is 3.47. The van der Waals surface area contributed by atoms with Crippen LogP contribution in [0.2, 0.25) is 0 Å². The van der Waals surface area contributed by atoms with Gasteiger partial charge in [-0.3, -0.25) is 14.5 Å². The van der Waals surface area contributed by atoms with Crippen molar-refractivity contribution in [3.63, 3.8) is 0 Å². The van der Waals surface area contributed by atoms with Gasteiger partial charge in [0.1, 0.15) is 5.70 Å². The number of amidine groups is 1. The van der Waals surface area contributed by atoms with Crippen LogP contribution in [0.3, 0.4) is 0 Å². The second-order valence-corrected chi connectivity index (χ2v) is 9.34. The maximum absolute atomic E-state index is 13.3. The molecule has 8 heteroatoms. The lowest BCUT2D eigenvalue weighted by Gasteiger charge is -2.19. The molecule has 0 saturated carbocycles. The second-order valence-electron chi connectivity index (χ2n) is 8.40. The first-order chi connectivity index (χ1) is 15.8. The number of carbonyl (C=O) groups excluding carboxylic acids is 2. The number of nitrogens with zero attached hydrogens (tertiary/aromatic N) is 2. The van der Waals surface area contributed by atoms with Gasteiger partial charge in [-0.25, -0.2) is 4.99 Å². The smallest absolute Gasteiger partial charge is 0.283 e. The summed E-state index contributed by atoms with van der Waals surface area (Å²) >= 11 is 1.25. The molecule has 0 saturated heterocycles. The number of anilines is 1. The van der Waals surface area contributed by atoms with E-state index in [2.05, 4.69) is 24.2 Å². The van der Waals surface area contributed by atoms with Crippen LogP contribution in [0.5, 0.6) is 11.5 Å². The number of hydrogen-bond acceptors (Lipinski definition) is 6. The number of hydrogen-bond donors (Lipinski definition) is 1. The average Bonchev–Trinajstić information content (AvgIpc) is 3.37. The topological polar surface area (TPSA) is 80.2 Å². The zero-order valence-corrected chi connectivity index (χ0v) is 19.9. The van der Waals surface area contributed by atoms with Crippen molar-refractivity contribution in [1.29, 1.82) is 0 Å². The molecule has 1 atom stereocenters. The molecule has 1 N–H and O–H groups in total. The molecular weight excluding hydrogens is 438 g/mol. The van der Waals surface area contributed by atoms with Gasteiger partial charge in [-0.2, -0.15) is 0 Å². The predicted octanol–water partition coefficient (Wildman–Crippen LogP) is 4.36. The molecule has 2 heterocycles. The molecule has 7 nitrogen and oxygen atoms in total. The Morgan fingerprint density at radius 2 is 1.88 bits per heavy atom.